The Kier molecular flexibility index (Phi) is 4.45. The van der Waals surface area contributed by atoms with Crippen LogP contribution in [0.15, 0.2) is 18.2 Å². The lowest BCUT2D eigenvalue weighted by Crippen LogP contribution is -2.32. The molecule has 2 nitrogen and oxygen atoms in total. The molecule has 5 heteroatoms. The third-order valence-corrected chi connectivity index (χ3v) is 3.96. The van der Waals surface area contributed by atoms with Gasteiger partial charge in [-0.25, -0.2) is 0 Å². The topological polar surface area (TPSA) is 21.3 Å². The Morgan fingerprint density at radius 2 is 1.80 bits per heavy atom. The van der Waals surface area contributed by atoms with Crippen LogP contribution in [0.3, 0.4) is 0 Å². The van der Waals surface area contributed by atoms with E-state index in [9.17, 15) is 13.2 Å². The van der Waals surface area contributed by atoms with Crippen LogP contribution in [0, 0.1) is 12.8 Å². The van der Waals surface area contributed by atoms with Crippen molar-refractivity contribution in [2.45, 2.75) is 44.8 Å². The fourth-order valence-corrected chi connectivity index (χ4v) is 2.77. The summed E-state index contributed by atoms with van der Waals surface area (Å²) >= 11 is 0. The third-order valence-electron chi connectivity index (χ3n) is 3.96. The van der Waals surface area contributed by atoms with Crippen molar-refractivity contribution < 1.29 is 17.9 Å². The zero-order valence-electron chi connectivity index (χ0n) is 11.8. The van der Waals surface area contributed by atoms with Crippen LogP contribution < -0.4 is 10.1 Å². The van der Waals surface area contributed by atoms with Gasteiger partial charge in [-0.2, -0.15) is 13.2 Å². The SMILES string of the molecule is COc1ccc(NC2CCC(C(F)(F)F)CC2)cc1C. The summed E-state index contributed by atoms with van der Waals surface area (Å²) in [4.78, 5) is 0. The van der Waals surface area contributed by atoms with E-state index in [0.29, 0.717) is 12.8 Å². The quantitative estimate of drug-likeness (QED) is 0.881. The highest BCUT2D eigenvalue weighted by Crippen LogP contribution is 2.38. The zero-order chi connectivity index (χ0) is 14.8. The number of alkyl halides is 3. The van der Waals surface area contributed by atoms with E-state index in [1.165, 1.54) is 0 Å². The minimum Gasteiger partial charge on any atom is -0.496 e. The molecule has 0 spiro atoms. The number of hydrogen-bond acceptors (Lipinski definition) is 2. The summed E-state index contributed by atoms with van der Waals surface area (Å²) in [6.45, 7) is 1.95. The van der Waals surface area contributed by atoms with Gasteiger partial charge in [0.2, 0.25) is 0 Å². The van der Waals surface area contributed by atoms with Gasteiger partial charge in [0.1, 0.15) is 5.75 Å². The van der Waals surface area contributed by atoms with Crippen LogP contribution in [-0.4, -0.2) is 19.3 Å². The molecule has 1 saturated carbocycles. The molecule has 2 rings (SSSR count). The highest BCUT2D eigenvalue weighted by molar-refractivity contribution is 5.51. The van der Waals surface area contributed by atoms with Crippen LogP contribution in [0.5, 0.6) is 5.75 Å². The van der Waals surface area contributed by atoms with Gasteiger partial charge in [0.05, 0.1) is 13.0 Å². The summed E-state index contributed by atoms with van der Waals surface area (Å²) < 4.78 is 43.0. The van der Waals surface area contributed by atoms with Crippen LogP contribution in [0.25, 0.3) is 0 Å². The first kappa shape index (κ1) is 15.0. The van der Waals surface area contributed by atoms with E-state index in [0.717, 1.165) is 17.0 Å². The van der Waals surface area contributed by atoms with Crippen LogP contribution in [-0.2, 0) is 0 Å². The second-order valence-corrected chi connectivity index (χ2v) is 5.42. The van der Waals surface area contributed by atoms with E-state index < -0.39 is 12.1 Å². The Bertz CT molecular complexity index is 451. The first-order valence-electron chi connectivity index (χ1n) is 6.88. The van der Waals surface area contributed by atoms with Gasteiger partial charge >= 0.3 is 6.18 Å². The minimum atomic E-state index is -4.04. The number of halogens is 3. The van der Waals surface area contributed by atoms with Crippen LogP contribution in [0.2, 0.25) is 0 Å². The number of ether oxygens (including phenoxy) is 1. The van der Waals surface area contributed by atoms with Crippen molar-refractivity contribution in [1.29, 1.82) is 0 Å². The summed E-state index contributed by atoms with van der Waals surface area (Å²) in [7, 11) is 1.62. The van der Waals surface area contributed by atoms with Crippen LogP contribution in [0.4, 0.5) is 18.9 Å². The highest BCUT2D eigenvalue weighted by Gasteiger charge is 2.41. The van der Waals surface area contributed by atoms with Gasteiger partial charge in [0, 0.05) is 11.7 Å². The molecule has 1 aromatic rings. The van der Waals surface area contributed by atoms with Crippen LogP contribution in [0.1, 0.15) is 31.2 Å². The highest BCUT2D eigenvalue weighted by atomic mass is 19.4. The van der Waals surface area contributed by atoms with Gasteiger partial charge in [-0.15, -0.1) is 0 Å². The Morgan fingerprint density at radius 1 is 1.15 bits per heavy atom. The number of hydrogen-bond donors (Lipinski definition) is 1. The van der Waals surface area contributed by atoms with Gasteiger partial charge in [0.25, 0.3) is 0 Å². The van der Waals surface area contributed by atoms with Crippen molar-refractivity contribution in [3.63, 3.8) is 0 Å². The third kappa shape index (κ3) is 3.58. The summed E-state index contributed by atoms with van der Waals surface area (Å²) in [6, 6.07) is 5.87. The maximum Gasteiger partial charge on any atom is 0.391 e. The van der Waals surface area contributed by atoms with Crippen molar-refractivity contribution in [2.24, 2.45) is 5.92 Å². The Hall–Kier alpha value is -1.39. The van der Waals surface area contributed by atoms with E-state index in [1.54, 1.807) is 7.11 Å². The van der Waals surface area contributed by atoms with E-state index in [4.69, 9.17) is 4.74 Å². The maximum atomic E-state index is 12.6. The molecule has 0 heterocycles. The lowest BCUT2D eigenvalue weighted by molar-refractivity contribution is -0.182. The van der Waals surface area contributed by atoms with Gasteiger partial charge < -0.3 is 10.1 Å². The number of aryl methyl sites for hydroxylation is 1. The fourth-order valence-electron chi connectivity index (χ4n) is 2.77. The Morgan fingerprint density at radius 3 is 2.30 bits per heavy atom. The summed E-state index contributed by atoms with van der Waals surface area (Å²) in [5.41, 5.74) is 1.96. The number of rotatable bonds is 3. The van der Waals surface area contributed by atoms with E-state index in [2.05, 4.69) is 5.32 Å². The molecular weight excluding hydrogens is 267 g/mol. The molecule has 0 aromatic heterocycles. The van der Waals surface area contributed by atoms with Crippen molar-refractivity contribution in [1.82, 2.24) is 0 Å². The summed E-state index contributed by atoms with van der Waals surface area (Å²) in [5.74, 6) is -0.311. The van der Waals surface area contributed by atoms with Crippen molar-refractivity contribution >= 4 is 5.69 Å². The Labute approximate surface area is 117 Å². The van der Waals surface area contributed by atoms with Gasteiger partial charge in [-0.1, -0.05) is 0 Å². The van der Waals surface area contributed by atoms with E-state index >= 15 is 0 Å². The molecule has 0 saturated heterocycles. The predicted octanol–water partition coefficient (Wildman–Crippen LogP) is 4.54. The molecule has 0 aliphatic heterocycles. The van der Waals surface area contributed by atoms with Crippen molar-refractivity contribution in [3.05, 3.63) is 23.8 Å². The normalized spacial score (nSPS) is 23.4. The second-order valence-electron chi connectivity index (χ2n) is 5.42. The lowest BCUT2D eigenvalue weighted by Gasteiger charge is -2.31. The largest absolute Gasteiger partial charge is 0.496 e. The molecule has 1 aromatic carbocycles. The first-order chi connectivity index (χ1) is 9.40. The van der Waals surface area contributed by atoms with Gasteiger partial charge in [-0.3, -0.25) is 0 Å². The molecule has 1 N–H and O–H groups in total. The van der Waals surface area contributed by atoms with Crippen LogP contribution >= 0.6 is 0 Å². The number of nitrogens with one attached hydrogen (secondary N) is 1. The minimum absolute atomic E-state index is 0.126. The molecule has 112 valence electrons. The monoisotopic (exact) mass is 287 g/mol. The second kappa shape index (κ2) is 5.94. The first-order valence-corrected chi connectivity index (χ1v) is 6.88. The van der Waals surface area contributed by atoms with Gasteiger partial charge in [-0.05, 0) is 56.4 Å². The zero-order valence-corrected chi connectivity index (χ0v) is 11.8. The molecular formula is C15H20F3NO. The molecule has 0 bridgehead atoms. The number of benzene rings is 1. The smallest absolute Gasteiger partial charge is 0.391 e. The van der Waals surface area contributed by atoms with E-state index in [-0.39, 0.29) is 18.9 Å². The molecule has 0 amide bonds. The standard InChI is InChI=1S/C15H20F3NO/c1-10-9-13(7-8-14(10)20-2)19-12-5-3-11(4-6-12)15(16,17)18/h7-9,11-12,19H,3-6H2,1-2H3. The molecule has 0 atom stereocenters. The molecule has 0 radical (unpaired) electrons. The van der Waals surface area contributed by atoms with Crippen molar-refractivity contribution in [3.8, 4) is 5.75 Å². The fraction of sp³-hybridized carbons (Fsp3) is 0.600. The van der Waals surface area contributed by atoms with Crippen molar-refractivity contribution in [2.75, 3.05) is 12.4 Å². The van der Waals surface area contributed by atoms with Gasteiger partial charge in [0.15, 0.2) is 0 Å². The number of methoxy groups -OCH3 is 1. The molecule has 0 unspecified atom stereocenters. The summed E-state index contributed by atoms with van der Waals surface area (Å²) in [6.07, 6.45) is -2.47. The summed E-state index contributed by atoms with van der Waals surface area (Å²) in [5, 5.41) is 3.32. The predicted molar refractivity (Wildman–Crippen MR) is 73.2 cm³/mol. The molecule has 1 aliphatic rings. The average molecular weight is 287 g/mol. The van der Waals surface area contributed by atoms with E-state index in [1.807, 2.05) is 25.1 Å². The lowest BCUT2D eigenvalue weighted by atomic mass is 9.85. The number of anilines is 1. The average Bonchev–Trinajstić information content (AvgIpc) is 2.38. The molecule has 1 aliphatic carbocycles. The molecule has 1 fully saturated rings. The molecule has 20 heavy (non-hydrogen) atoms. The maximum absolute atomic E-state index is 12.6. The Balaban J connectivity index is 1.91.